The number of hydrogen-bond donors (Lipinski definition) is 1. The van der Waals surface area contributed by atoms with Gasteiger partial charge in [0.2, 0.25) is 21.6 Å². The molecule has 10 heteroatoms. The van der Waals surface area contributed by atoms with E-state index in [0.717, 1.165) is 6.07 Å². The fraction of sp³-hybridized carbons (Fsp3) is 0.143. The first-order valence-corrected chi connectivity index (χ1v) is 10.6. The molecule has 0 aliphatic heterocycles. The van der Waals surface area contributed by atoms with Crippen molar-refractivity contribution < 1.29 is 22.3 Å². The maximum Gasteiger partial charge on any atom is 0.250 e. The molecule has 2 aromatic carbocycles. The predicted molar refractivity (Wildman–Crippen MR) is 110 cm³/mol. The van der Waals surface area contributed by atoms with Crippen LogP contribution in [0.2, 0.25) is 0 Å². The summed E-state index contributed by atoms with van der Waals surface area (Å²) in [6.45, 7) is 3.49. The molecule has 0 atom stereocenters. The zero-order valence-corrected chi connectivity index (χ0v) is 17.4. The van der Waals surface area contributed by atoms with E-state index in [1.807, 2.05) is 6.07 Å². The van der Waals surface area contributed by atoms with Gasteiger partial charge in [-0.25, -0.2) is 17.8 Å². The normalized spacial score (nSPS) is 10.9. The van der Waals surface area contributed by atoms with E-state index >= 15 is 0 Å². The molecule has 0 radical (unpaired) electrons. The number of aromatic nitrogens is 2. The molecule has 0 bridgehead atoms. The van der Waals surface area contributed by atoms with Gasteiger partial charge in [-0.15, -0.1) is 0 Å². The number of carbonyl (C=O) groups is 1. The van der Waals surface area contributed by atoms with Crippen molar-refractivity contribution in [2.45, 2.75) is 19.0 Å². The second kappa shape index (κ2) is 8.89. The van der Waals surface area contributed by atoms with E-state index < -0.39 is 32.5 Å². The van der Waals surface area contributed by atoms with Crippen LogP contribution in [0.3, 0.4) is 0 Å². The number of para-hydroxylation sites is 1. The van der Waals surface area contributed by atoms with Crippen LogP contribution < -0.4 is 10.1 Å². The summed E-state index contributed by atoms with van der Waals surface area (Å²) in [6.07, 6.45) is 1.19. The summed E-state index contributed by atoms with van der Waals surface area (Å²) in [5.74, 6) is -2.20. The lowest BCUT2D eigenvalue weighted by Gasteiger charge is -2.12. The third kappa shape index (κ3) is 5.21. The van der Waals surface area contributed by atoms with Gasteiger partial charge in [0.1, 0.15) is 17.3 Å². The second-order valence-corrected chi connectivity index (χ2v) is 8.50. The number of ether oxygens (including phenoxy) is 1. The van der Waals surface area contributed by atoms with Crippen molar-refractivity contribution in [1.82, 2.24) is 9.97 Å². The zero-order chi connectivity index (χ0) is 22.6. The lowest BCUT2D eigenvalue weighted by molar-refractivity contribution is -0.113. The SMILES string of the molecule is Cc1cc(C#N)cc(C)c1Oc1ccnc(S(=O)(=O)CC(=O)Nc2ccccc2F)n1. The Hall–Kier alpha value is -3.84. The van der Waals surface area contributed by atoms with Crippen molar-refractivity contribution in [2.24, 2.45) is 0 Å². The van der Waals surface area contributed by atoms with Crippen molar-refractivity contribution in [3.63, 3.8) is 0 Å². The first-order chi connectivity index (χ1) is 14.7. The van der Waals surface area contributed by atoms with Crippen LogP contribution in [0.25, 0.3) is 0 Å². The van der Waals surface area contributed by atoms with Gasteiger partial charge in [-0.3, -0.25) is 4.79 Å². The summed E-state index contributed by atoms with van der Waals surface area (Å²) in [4.78, 5) is 19.7. The molecule has 3 rings (SSSR count). The number of nitrogens with one attached hydrogen (secondary N) is 1. The molecule has 0 saturated heterocycles. The highest BCUT2D eigenvalue weighted by Gasteiger charge is 2.24. The highest BCUT2D eigenvalue weighted by atomic mass is 32.2. The number of anilines is 1. The molecule has 1 aromatic heterocycles. The van der Waals surface area contributed by atoms with Crippen molar-refractivity contribution in [1.29, 1.82) is 5.26 Å². The number of amides is 1. The Bertz CT molecular complexity index is 1280. The monoisotopic (exact) mass is 440 g/mol. The largest absolute Gasteiger partial charge is 0.438 e. The molecule has 1 heterocycles. The number of halogens is 1. The number of hydrogen-bond acceptors (Lipinski definition) is 7. The molecule has 0 aliphatic rings. The topological polar surface area (TPSA) is 122 Å². The molecule has 158 valence electrons. The molecule has 0 spiro atoms. The second-order valence-electron chi connectivity index (χ2n) is 6.62. The molecule has 0 fully saturated rings. The van der Waals surface area contributed by atoms with Crippen LogP contribution in [-0.4, -0.2) is 30.0 Å². The molecular weight excluding hydrogens is 423 g/mol. The Kier molecular flexibility index (Phi) is 6.27. The van der Waals surface area contributed by atoms with Gasteiger partial charge in [0.05, 0.1) is 17.3 Å². The summed E-state index contributed by atoms with van der Waals surface area (Å²) in [7, 11) is -4.22. The predicted octanol–water partition coefficient (Wildman–Crippen LogP) is 3.31. The van der Waals surface area contributed by atoms with Crippen LogP contribution >= 0.6 is 0 Å². The van der Waals surface area contributed by atoms with Crippen LogP contribution in [0.5, 0.6) is 11.6 Å². The zero-order valence-electron chi connectivity index (χ0n) is 16.6. The van der Waals surface area contributed by atoms with Crippen LogP contribution in [0.4, 0.5) is 10.1 Å². The van der Waals surface area contributed by atoms with E-state index in [0.29, 0.717) is 22.4 Å². The van der Waals surface area contributed by atoms with E-state index in [1.54, 1.807) is 26.0 Å². The summed E-state index contributed by atoms with van der Waals surface area (Å²) in [5.41, 5.74) is 1.68. The standard InChI is InChI=1S/C21H17FN4O4S/c1-13-9-15(11-23)10-14(2)20(13)30-19-7-8-24-21(26-19)31(28,29)12-18(27)25-17-6-4-3-5-16(17)22/h3-10H,12H2,1-2H3,(H,25,27). The molecule has 31 heavy (non-hydrogen) atoms. The van der Waals surface area contributed by atoms with Crippen LogP contribution in [0.15, 0.2) is 53.8 Å². The molecule has 8 nitrogen and oxygen atoms in total. The van der Waals surface area contributed by atoms with Crippen molar-refractivity contribution >= 4 is 21.4 Å². The average Bonchev–Trinajstić information content (AvgIpc) is 2.72. The molecule has 1 amide bonds. The molecular formula is C21H17FN4O4S. The number of carbonyl (C=O) groups excluding carboxylic acids is 1. The Labute approximate surface area is 178 Å². The summed E-state index contributed by atoms with van der Waals surface area (Å²) < 4.78 is 44.5. The van der Waals surface area contributed by atoms with Crippen LogP contribution in [0, 0.1) is 31.0 Å². The summed E-state index contributed by atoms with van der Waals surface area (Å²) >= 11 is 0. The number of nitriles is 1. The minimum atomic E-state index is -4.22. The van der Waals surface area contributed by atoms with Gasteiger partial charge >= 0.3 is 0 Å². The lowest BCUT2D eigenvalue weighted by Crippen LogP contribution is -2.24. The average molecular weight is 440 g/mol. The maximum atomic E-state index is 13.7. The third-order valence-electron chi connectivity index (χ3n) is 4.15. The van der Waals surface area contributed by atoms with Crippen molar-refractivity contribution in [2.75, 3.05) is 11.1 Å². The Morgan fingerprint density at radius 3 is 2.52 bits per heavy atom. The lowest BCUT2D eigenvalue weighted by atomic mass is 10.1. The molecule has 0 saturated carbocycles. The van der Waals surface area contributed by atoms with Crippen LogP contribution in [-0.2, 0) is 14.6 Å². The van der Waals surface area contributed by atoms with E-state index in [-0.39, 0.29) is 11.6 Å². The van der Waals surface area contributed by atoms with Gasteiger partial charge in [0.25, 0.3) is 5.16 Å². The molecule has 3 aromatic rings. The van der Waals surface area contributed by atoms with Gasteiger partial charge in [-0.05, 0) is 49.2 Å². The molecule has 1 N–H and O–H groups in total. The van der Waals surface area contributed by atoms with E-state index in [4.69, 9.17) is 10.00 Å². The fourth-order valence-corrected chi connectivity index (χ4v) is 3.80. The molecule has 0 aliphatic carbocycles. The maximum absolute atomic E-state index is 13.7. The summed E-state index contributed by atoms with van der Waals surface area (Å²) in [6, 6.07) is 12.1. The Morgan fingerprint density at radius 1 is 1.19 bits per heavy atom. The first kappa shape index (κ1) is 21.9. The quantitative estimate of drug-likeness (QED) is 0.584. The number of rotatable bonds is 6. The number of nitrogens with zero attached hydrogens (tertiary/aromatic N) is 3. The van der Waals surface area contributed by atoms with E-state index in [2.05, 4.69) is 15.3 Å². The highest BCUT2D eigenvalue weighted by molar-refractivity contribution is 7.92. The van der Waals surface area contributed by atoms with Crippen molar-refractivity contribution in [3.8, 4) is 17.7 Å². The fourth-order valence-electron chi connectivity index (χ4n) is 2.80. The highest BCUT2D eigenvalue weighted by Crippen LogP contribution is 2.29. The van der Waals surface area contributed by atoms with E-state index in [1.165, 1.54) is 30.5 Å². The van der Waals surface area contributed by atoms with Gasteiger partial charge in [0, 0.05) is 12.3 Å². The minimum Gasteiger partial charge on any atom is -0.438 e. The van der Waals surface area contributed by atoms with Gasteiger partial charge in [0.15, 0.2) is 0 Å². The third-order valence-corrected chi connectivity index (χ3v) is 5.55. The van der Waals surface area contributed by atoms with Gasteiger partial charge in [-0.1, -0.05) is 12.1 Å². The molecule has 0 unspecified atom stereocenters. The smallest absolute Gasteiger partial charge is 0.250 e. The van der Waals surface area contributed by atoms with Crippen LogP contribution in [0.1, 0.15) is 16.7 Å². The Morgan fingerprint density at radius 2 is 1.87 bits per heavy atom. The minimum absolute atomic E-state index is 0.0426. The number of sulfone groups is 1. The number of benzene rings is 2. The van der Waals surface area contributed by atoms with Gasteiger partial charge < -0.3 is 10.1 Å². The Balaban J connectivity index is 1.80. The van der Waals surface area contributed by atoms with Gasteiger partial charge in [-0.2, -0.15) is 10.2 Å². The summed E-state index contributed by atoms with van der Waals surface area (Å²) in [5, 5.41) is 10.7. The van der Waals surface area contributed by atoms with Crippen molar-refractivity contribution in [3.05, 3.63) is 71.2 Å². The van der Waals surface area contributed by atoms with E-state index in [9.17, 15) is 17.6 Å². The number of aryl methyl sites for hydroxylation is 2. The first-order valence-electron chi connectivity index (χ1n) is 8.99.